The molecular weight excluding hydrogens is 270 g/mol. The van der Waals surface area contributed by atoms with Crippen LogP contribution in [0.25, 0.3) is 0 Å². The van der Waals surface area contributed by atoms with Gasteiger partial charge in [-0.05, 0) is 73.3 Å². The zero-order chi connectivity index (χ0) is 11.1. The van der Waals surface area contributed by atoms with E-state index in [9.17, 15) is 0 Å². The summed E-state index contributed by atoms with van der Waals surface area (Å²) in [5, 5.41) is 3.43. The first-order valence-electron chi connectivity index (χ1n) is 5.69. The molecule has 0 aliphatic carbocycles. The summed E-state index contributed by atoms with van der Waals surface area (Å²) in [6.45, 7) is 6.74. The first-order valence-corrected chi connectivity index (χ1v) is 7.30. The normalized spacial score (nSPS) is 10.9. The smallest absolute Gasteiger partial charge is 0.0704 e. The number of aryl methyl sites for hydroxylation is 2. The van der Waals surface area contributed by atoms with Gasteiger partial charge in [-0.3, -0.25) is 0 Å². The maximum absolute atomic E-state index is 3.53. The van der Waals surface area contributed by atoms with Crippen LogP contribution in [0.15, 0.2) is 9.85 Å². The van der Waals surface area contributed by atoms with Gasteiger partial charge < -0.3 is 5.32 Å². The Bertz CT molecular complexity index is 283. The van der Waals surface area contributed by atoms with Crippen molar-refractivity contribution in [3.8, 4) is 0 Å². The van der Waals surface area contributed by atoms with Crippen LogP contribution in [0.5, 0.6) is 0 Å². The molecule has 0 aromatic carbocycles. The van der Waals surface area contributed by atoms with E-state index in [1.807, 2.05) is 11.3 Å². The summed E-state index contributed by atoms with van der Waals surface area (Å²) in [6, 6.07) is 2.26. The van der Waals surface area contributed by atoms with Crippen LogP contribution < -0.4 is 5.32 Å². The van der Waals surface area contributed by atoms with E-state index in [4.69, 9.17) is 0 Å². The van der Waals surface area contributed by atoms with Crippen molar-refractivity contribution in [2.45, 2.75) is 39.5 Å². The third-order valence-corrected chi connectivity index (χ3v) is 4.06. The first-order chi connectivity index (χ1) is 7.24. The molecule has 3 heteroatoms. The molecule has 0 atom stereocenters. The molecule has 86 valence electrons. The van der Waals surface area contributed by atoms with Crippen molar-refractivity contribution >= 4 is 27.3 Å². The zero-order valence-electron chi connectivity index (χ0n) is 9.61. The van der Waals surface area contributed by atoms with Gasteiger partial charge in [-0.25, -0.2) is 0 Å². The highest BCUT2D eigenvalue weighted by molar-refractivity contribution is 9.11. The molecule has 0 spiro atoms. The van der Waals surface area contributed by atoms with E-state index in [1.165, 1.54) is 39.9 Å². The Hall–Kier alpha value is 0.140. The lowest BCUT2D eigenvalue weighted by Gasteiger charge is -2.02. The topological polar surface area (TPSA) is 12.0 Å². The Morgan fingerprint density at radius 3 is 2.73 bits per heavy atom. The van der Waals surface area contributed by atoms with Crippen LogP contribution in [0.4, 0.5) is 0 Å². The van der Waals surface area contributed by atoms with Crippen molar-refractivity contribution < 1.29 is 0 Å². The average molecular weight is 290 g/mol. The number of rotatable bonds is 7. The molecule has 0 bridgehead atoms. The van der Waals surface area contributed by atoms with E-state index in [2.05, 4.69) is 41.2 Å². The van der Waals surface area contributed by atoms with Gasteiger partial charge >= 0.3 is 0 Å². The molecule has 0 fully saturated rings. The Morgan fingerprint density at radius 2 is 2.13 bits per heavy atom. The Balaban J connectivity index is 2.12. The highest BCUT2D eigenvalue weighted by Crippen LogP contribution is 2.27. The fourth-order valence-corrected chi connectivity index (χ4v) is 3.39. The second kappa shape index (κ2) is 7.42. The van der Waals surface area contributed by atoms with Crippen LogP contribution in [0.2, 0.25) is 0 Å². The van der Waals surface area contributed by atoms with Gasteiger partial charge in [0.1, 0.15) is 0 Å². The number of hydrogen-bond donors (Lipinski definition) is 1. The van der Waals surface area contributed by atoms with Crippen LogP contribution in [0.3, 0.4) is 0 Å². The Kier molecular flexibility index (Phi) is 6.53. The number of thiophene rings is 1. The lowest BCUT2D eigenvalue weighted by molar-refractivity contribution is 0.616. The van der Waals surface area contributed by atoms with Gasteiger partial charge in [0.05, 0.1) is 3.79 Å². The number of nitrogens with one attached hydrogen (secondary N) is 1. The standard InChI is InChI=1S/C12H20BrNS/c1-3-7-14-8-5-4-6-11-9-12(13)15-10(11)2/h9,14H,3-8H2,1-2H3. The molecular formula is C12H20BrNS. The number of hydrogen-bond acceptors (Lipinski definition) is 2. The molecule has 1 heterocycles. The predicted molar refractivity (Wildman–Crippen MR) is 72.9 cm³/mol. The van der Waals surface area contributed by atoms with Gasteiger partial charge in [-0.2, -0.15) is 0 Å². The van der Waals surface area contributed by atoms with Crippen LogP contribution in [0, 0.1) is 6.92 Å². The Morgan fingerprint density at radius 1 is 1.33 bits per heavy atom. The van der Waals surface area contributed by atoms with E-state index in [0.717, 1.165) is 13.1 Å². The largest absolute Gasteiger partial charge is 0.317 e. The van der Waals surface area contributed by atoms with Gasteiger partial charge in [-0.1, -0.05) is 6.92 Å². The summed E-state index contributed by atoms with van der Waals surface area (Å²) in [4.78, 5) is 1.46. The van der Waals surface area contributed by atoms with Gasteiger partial charge in [0.25, 0.3) is 0 Å². The molecule has 15 heavy (non-hydrogen) atoms. The van der Waals surface area contributed by atoms with E-state index in [1.54, 1.807) is 0 Å². The summed E-state index contributed by atoms with van der Waals surface area (Å²) in [7, 11) is 0. The highest BCUT2D eigenvalue weighted by atomic mass is 79.9. The summed E-state index contributed by atoms with van der Waals surface area (Å²) in [5.41, 5.74) is 1.52. The SMILES string of the molecule is CCCNCCCCc1cc(Br)sc1C. The van der Waals surface area contributed by atoms with E-state index < -0.39 is 0 Å². The molecule has 0 amide bonds. The maximum Gasteiger partial charge on any atom is 0.0704 e. The third kappa shape index (κ3) is 5.14. The lowest BCUT2D eigenvalue weighted by Crippen LogP contribution is -2.15. The minimum absolute atomic E-state index is 1.16. The minimum atomic E-state index is 1.16. The van der Waals surface area contributed by atoms with Crippen molar-refractivity contribution in [2.24, 2.45) is 0 Å². The molecule has 0 aliphatic rings. The van der Waals surface area contributed by atoms with Gasteiger partial charge in [0, 0.05) is 4.88 Å². The molecule has 0 aliphatic heterocycles. The van der Waals surface area contributed by atoms with Crippen molar-refractivity contribution in [3.05, 3.63) is 20.3 Å². The highest BCUT2D eigenvalue weighted by Gasteiger charge is 2.02. The van der Waals surface area contributed by atoms with Crippen LogP contribution in [0.1, 0.15) is 36.6 Å². The second-order valence-electron chi connectivity index (χ2n) is 3.84. The first kappa shape index (κ1) is 13.2. The summed E-state index contributed by atoms with van der Waals surface area (Å²) in [5.74, 6) is 0. The zero-order valence-corrected chi connectivity index (χ0v) is 12.0. The molecule has 1 aromatic rings. The summed E-state index contributed by atoms with van der Waals surface area (Å²) >= 11 is 5.37. The van der Waals surface area contributed by atoms with Crippen molar-refractivity contribution in [1.82, 2.24) is 5.32 Å². The molecule has 0 radical (unpaired) electrons. The molecule has 1 rings (SSSR count). The number of halogens is 1. The molecule has 0 saturated carbocycles. The van der Waals surface area contributed by atoms with E-state index in [0.29, 0.717) is 0 Å². The number of unbranched alkanes of at least 4 members (excludes halogenated alkanes) is 1. The van der Waals surface area contributed by atoms with Gasteiger partial charge in [-0.15, -0.1) is 11.3 Å². The molecule has 1 N–H and O–H groups in total. The van der Waals surface area contributed by atoms with Crippen molar-refractivity contribution in [2.75, 3.05) is 13.1 Å². The predicted octanol–water partition coefficient (Wildman–Crippen LogP) is 4.14. The Labute approximate surface area is 105 Å². The fourth-order valence-electron chi connectivity index (χ4n) is 1.60. The molecule has 0 saturated heterocycles. The van der Waals surface area contributed by atoms with Crippen molar-refractivity contribution in [1.29, 1.82) is 0 Å². The molecule has 0 unspecified atom stereocenters. The summed E-state index contributed by atoms with van der Waals surface area (Å²) in [6.07, 6.45) is 5.03. The van der Waals surface area contributed by atoms with Crippen LogP contribution >= 0.6 is 27.3 Å². The third-order valence-electron chi connectivity index (χ3n) is 2.47. The maximum atomic E-state index is 3.53. The lowest BCUT2D eigenvalue weighted by atomic mass is 10.1. The molecule has 1 nitrogen and oxygen atoms in total. The fraction of sp³-hybridized carbons (Fsp3) is 0.667. The quantitative estimate of drug-likeness (QED) is 0.744. The van der Waals surface area contributed by atoms with Crippen LogP contribution in [-0.2, 0) is 6.42 Å². The monoisotopic (exact) mass is 289 g/mol. The molecule has 1 aromatic heterocycles. The average Bonchev–Trinajstić information content (AvgIpc) is 2.51. The second-order valence-corrected chi connectivity index (χ2v) is 6.47. The van der Waals surface area contributed by atoms with Gasteiger partial charge in [0.2, 0.25) is 0 Å². The minimum Gasteiger partial charge on any atom is -0.317 e. The van der Waals surface area contributed by atoms with E-state index >= 15 is 0 Å². The van der Waals surface area contributed by atoms with Crippen LogP contribution in [-0.4, -0.2) is 13.1 Å². The summed E-state index contributed by atoms with van der Waals surface area (Å²) < 4.78 is 1.26. The van der Waals surface area contributed by atoms with E-state index in [-0.39, 0.29) is 0 Å². The van der Waals surface area contributed by atoms with Crippen molar-refractivity contribution in [3.63, 3.8) is 0 Å². The van der Waals surface area contributed by atoms with Gasteiger partial charge in [0.15, 0.2) is 0 Å².